The molecular weight excluding hydrogens is 356 g/mol. The summed E-state index contributed by atoms with van der Waals surface area (Å²) in [7, 11) is -3.80. The first-order chi connectivity index (χ1) is 12.3. The van der Waals surface area contributed by atoms with Crippen LogP contribution in [-0.4, -0.2) is 23.9 Å². The van der Waals surface area contributed by atoms with E-state index in [1.807, 2.05) is 30.3 Å². The van der Waals surface area contributed by atoms with Crippen LogP contribution in [-0.2, 0) is 16.6 Å². The number of nitrogens with two attached hydrogens (primary N) is 1. The smallest absolute Gasteiger partial charge is 0.321 e. The van der Waals surface area contributed by atoms with E-state index in [4.69, 9.17) is 5.14 Å². The molecule has 1 aromatic heterocycles. The first-order valence-electron chi connectivity index (χ1n) is 7.61. The molecule has 0 radical (unpaired) electrons. The summed E-state index contributed by atoms with van der Waals surface area (Å²) in [6.07, 6.45) is 1.33. The summed E-state index contributed by atoms with van der Waals surface area (Å²) in [5.74, 6) is -0.498. The van der Waals surface area contributed by atoms with E-state index in [1.54, 1.807) is 0 Å². The number of benzene rings is 2. The molecule has 1 heterocycles. The van der Waals surface area contributed by atoms with Crippen molar-refractivity contribution in [1.29, 1.82) is 0 Å². The Kier molecular flexibility index (Phi) is 4.74. The van der Waals surface area contributed by atoms with Crippen molar-refractivity contribution < 1.29 is 13.2 Å². The van der Waals surface area contributed by atoms with Gasteiger partial charge in [-0.15, -0.1) is 0 Å². The molecule has 0 aliphatic rings. The minimum Gasteiger partial charge on any atom is -0.321 e. The summed E-state index contributed by atoms with van der Waals surface area (Å²) in [5, 5.41) is 7.66. The minimum atomic E-state index is -3.80. The standard InChI is InChI=1S/C17H16N4O4S/c18-26(24,25)14-8-6-13(7-9-14)20-16(22)15-10-19-17(23)21(15)11-12-4-2-1-3-5-12/h1-10H,11H2,(H,19,23)(H,20,22)(H2,18,24,25). The summed E-state index contributed by atoms with van der Waals surface area (Å²) in [4.78, 5) is 26.9. The van der Waals surface area contributed by atoms with Crippen LogP contribution in [0, 0.1) is 0 Å². The van der Waals surface area contributed by atoms with Crippen molar-refractivity contribution in [2.75, 3.05) is 5.32 Å². The van der Waals surface area contributed by atoms with Gasteiger partial charge < -0.3 is 10.3 Å². The van der Waals surface area contributed by atoms with Crippen molar-refractivity contribution in [3.8, 4) is 0 Å². The van der Waals surface area contributed by atoms with Gasteiger partial charge >= 0.3 is 5.69 Å². The van der Waals surface area contributed by atoms with Crippen LogP contribution in [0.15, 0.2) is 70.5 Å². The molecule has 3 aromatic rings. The lowest BCUT2D eigenvalue weighted by Gasteiger charge is -2.09. The number of rotatable bonds is 5. The lowest BCUT2D eigenvalue weighted by atomic mass is 10.2. The quantitative estimate of drug-likeness (QED) is 0.620. The zero-order valence-electron chi connectivity index (χ0n) is 13.5. The fourth-order valence-corrected chi connectivity index (χ4v) is 2.94. The van der Waals surface area contributed by atoms with Crippen LogP contribution in [0.4, 0.5) is 5.69 Å². The number of primary sulfonamides is 1. The third-order valence-corrected chi connectivity index (χ3v) is 4.65. The van der Waals surface area contributed by atoms with E-state index in [0.29, 0.717) is 5.69 Å². The maximum Gasteiger partial charge on any atom is 0.326 e. The van der Waals surface area contributed by atoms with Crippen molar-refractivity contribution in [1.82, 2.24) is 9.55 Å². The molecule has 9 heteroatoms. The van der Waals surface area contributed by atoms with Crippen LogP contribution < -0.4 is 16.1 Å². The molecule has 2 aromatic carbocycles. The van der Waals surface area contributed by atoms with Gasteiger partial charge in [-0.2, -0.15) is 0 Å². The average Bonchev–Trinajstić information content (AvgIpc) is 2.96. The van der Waals surface area contributed by atoms with Crippen molar-refractivity contribution in [2.45, 2.75) is 11.4 Å². The predicted molar refractivity (Wildman–Crippen MR) is 96.4 cm³/mol. The highest BCUT2D eigenvalue weighted by Gasteiger charge is 2.15. The van der Waals surface area contributed by atoms with Crippen LogP contribution >= 0.6 is 0 Å². The number of H-pyrrole nitrogens is 1. The monoisotopic (exact) mass is 372 g/mol. The zero-order valence-corrected chi connectivity index (χ0v) is 14.4. The SMILES string of the molecule is NS(=O)(=O)c1ccc(NC(=O)c2c[nH]c(=O)n2Cc2ccccc2)cc1. The number of imidazole rings is 1. The number of hydrogen-bond acceptors (Lipinski definition) is 4. The summed E-state index contributed by atoms with van der Waals surface area (Å²) < 4.78 is 23.8. The van der Waals surface area contributed by atoms with E-state index >= 15 is 0 Å². The number of aromatic nitrogens is 2. The summed E-state index contributed by atoms with van der Waals surface area (Å²) in [6.45, 7) is 0.246. The van der Waals surface area contributed by atoms with E-state index in [-0.39, 0.29) is 17.1 Å². The molecule has 0 saturated heterocycles. The molecule has 0 spiro atoms. The molecule has 0 saturated carbocycles. The van der Waals surface area contributed by atoms with Gasteiger partial charge in [-0.05, 0) is 29.8 Å². The Morgan fingerprint density at radius 2 is 1.73 bits per heavy atom. The Morgan fingerprint density at radius 1 is 1.08 bits per heavy atom. The topological polar surface area (TPSA) is 127 Å². The second-order valence-electron chi connectivity index (χ2n) is 5.57. The van der Waals surface area contributed by atoms with Gasteiger partial charge in [0.1, 0.15) is 5.69 Å². The van der Waals surface area contributed by atoms with Crippen molar-refractivity contribution in [3.63, 3.8) is 0 Å². The molecule has 134 valence electrons. The Bertz CT molecular complexity index is 1080. The Hall–Kier alpha value is -3.17. The van der Waals surface area contributed by atoms with Gasteiger partial charge in [0.2, 0.25) is 10.0 Å². The molecule has 0 fully saturated rings. The van der Waals surface area contributed by atoms with Gasteiger partial charge in [0.05, 0.1) is 11.4 Å². The molecule has 3 rings (SSSR count). The highest BCUT2D eigenvalue weighted by atomic mass is 32.2. The highest BCUT2D eigenvalue weighted by Crippen LogP contribution is 2.14. The van der Waals surface area contributed by atoms with Gasteiger partial charge in [0, 0.05) is 11.9 Å². The van der Waals surface area contributed by atoms with E-state index in [1.165, 1.54) is 35.0 Å². The third kappa shape index (κ3) is 3.90. The number of aromatic amines is 1. The average molecular weight is 372 g/mol. The number of carbonyl (C=O) groups excluding carboxylic acids is 1. The molecule has 0 unspecified atom stereocenters. The lowest BCUT2D eigenvalue weighted by molar-refractivity contribution is 0.101. The molecule has 0 bridgehead atoms. The van der Waals surface area contributed by atoms with Crippen molar-refractivity contribution in [3.05, 3.63) is 82.5 Å². The Morgan fingerprint density at radius 3 is 2.35 bits per heavy atom. The second kappa shape index (κ2) is 6.98. The Balaban J connectivity index is 1.82. The fourth-order valence-electron chi connectivity index (χ4n) is 2.43. The molecular formula is C17H16N4O4S. The highest BCUT2D eigenvalue weighted by molar-refractivity contribution is 7.89. The van der Waals surface area contributed by atoms with Gasteiger partial charge in [0.15, 0.2) is 0 Å². The van der Waals surface area contributed by atoms with Gasteiger partial charge in [0.25, 0.3) is 5.91 Å². The van der Waals surface area contributed by atoms with Crippen LogP contribution in [0.1, 0.15) is 16.1 Å². The normalized spacial score (nSPS) is 11.3. The molecule has 26 heavy (non-hydrogen) atoms. The fraction of sp³-hybridized carbons (Fsp3) is 0.0588. The molecule has 0 atom stereocenters. The van der Waals surface area contributed by atoms with Crippen LogP contribution in [0.3, 0.4) is 0 Å². The molecule has 4 N–H and O–H groups in total. The maximum atomic E-state index is 12.5. The molecule has 8 nitrogen and oxygen atoms in total. The number of nitrogens with one attached hydrogen (secondary N) is 2. The van der Waals surface area contributed by atoms with Crippen molar-refractivity contribution >= 4 is 21.6 Å². The predicted octanol–water partition coefficient (Wildman–Crippen LogP) is 1.12. The van der Waals surface area contributed by atoms with Crippen molar-refractivity contribution in [2.24, 2.45) is 5.14 Å². The van der Waals surface area contributed by atoms with Gasteiger partial charge in [-0.25, -0.2) is 18.4 Å². The number of hydrogen-bond donors (Lipinski definition) is 3. The molecule has 0 aliphatic carbocycles. The maximum absolute atomic E-state index is 12.5. The lowest BCUT2D eigenvalue weighted by Crippen LogP contribution is -2.24. The number of amides is 1. The van der Waals surface area contributed by atoms with Crippen LogP contribution in [0.5, 0.6) is 0 Å². The summed E-state index contributed by atoms with van der Waals surface area (Å²) in [5.41, 5.74) is 1.01. The second-order valence-corrected chi connectivity index (χ2v) is 7.14. The number of carbonyl (C=O) groups is 1. The van der Waals surface area contributed by atoms with Crippen LogP contribution in [0.25, 0.3) is 0 Å². The van der Waals surface area contributed by atoms with E-state index < -0.39 is 21.6 Å². The number of anilines is 1. The van der Waals surface area contributed by atoms with E-state index in [9.17, 15) is 18.0 Å². The first-order valence-corrected chi connectivity index (χ1v) is 9.15. The zero-order chi connectivity index (χ0) is 18.7. The Labute approximate surface area is 149 Å². The number of sulfonamides is 1. The summed E-state index contributed by atoms with van der Waals surface area (Å²) in [6, 6.07) is 14.7. The van der Waals surface area contributed by atoms with Crippen LogP contribution in [0.2, 0.25) is 0 Å². The first kappa shape index (κ1) is 17.6. The third-order valence-electron chi connectivity index (χ3n) is 3.73. The largest absolute Gasteiger partial charge is 0.326 e. The molecule has 0 aliphatic heterocycles. The van der Waals surface area contributed by atoms with E-state index in [0.717, 1.165) is 5.56 Å². The number of nitrogens with zero attached hydrogens (tertiary/aromatic N) is 1. The molecule has 1 amide bonds. The van der Waals surface area contributed by atoms with Gasteiger partial charge in [-0.3, -0.25) is 9.36 Å². The van der Waals surface area contributed by atoms with Gasteiger partial charge in [-0.1, -0.05) is 30.3 Å². The summed E-state index contributed by atoms with van der Waals surface area (Å²) >= 11 is 0. The minimum absolute atomic E-state index is 0.0573. The van der Waals surface area contributed by atoms with E-state index in [2.05, 4.69) is 10.3 Å².